The summed E-state index contributed by atoms with van der Waals surface area (Å²) in [6, 6.07) is -4.42. The number of hydrogen-bond acceptors (Lipinski definition) is 8. The number of guanidine groups is 1. The number of amides is 3. The number of carbonyl (C=O) groups is 4. The van der Waals surface area contributed by atoms with Crippen molar-refractivity contribution in [3.8, 4) is 0 Å². The largest absolute Gasteiger partial charge is 0.480 e. The molecule has 0 heterocycles. The molecule has 0 rings (SSSR count). The molecule has 11 N–H and O–H groups in total. The van der Waals surface area contributed by atoms with Crippen LogP contribution in [0.3, 0.4) is 0 Å². The Hall–Kier alpha value is -2.58. The number of aliphatic carboxylic acids is 1. The van der Waals surface area contributed by atoms with Gasteiger partial charge in [-0.2, -0.15) is 11.8 Å². The predicted octanol–water partition coefficient (Wildman–Crippen LogP) is -2.30. The van der Waals surface area contributed by atoms with E-state index in [1.165, 1.54) is 11.8 Å². The molecule has 14 heteroatoms. The first-order valence-corrected chi connectivity index (χ1v) is 12.4. The van der Waals surface area contributed by atoms with Crippen molar-refractivity contribution in [2.75, 3.05) is 25.2 Å². The van der Waals surface area contributed by atoms with E-state index in [4.69, 9.17) is 22.3 Å². The topological polar surface area (TPSA) is 235 Å². The second-order valence-electron chi connectivity index (χ2n) is 8.17. The molecule has 0 spiro atoms. The summed E-state index contributed by atoms with van der Waals surface area (Å²) in [5.41, 5.74) is 16.1. The number of rotatable bonds is 17. The lowest BCUT2D eigenvalue weighted by molar-refractivity contribution is -0.142. The van der Waals surface area contributed by atoms with E-state index in [-0.39, 0.29) is 37.7 Å². The van der Waals surface area contributed by atoms with Gasteiger partial charge in [0.2, 0.25) is 17.7 Å². The monoisotopic (exact) mass is 505 g/mol. The SMILES string of the molecule is CSCCC(NC(=O)C(CC(C)C)NC(=O)C(CCCN=C(N)N)NC(=O)C(N)CO)C(=O)O. The molecule has 0 aromatic heterocycles. The van der Waals surface area contributed by atoms with E-state index in [0.29, 0.717) is 12.2 Å². The number of carboxylic acids is 1. The Bertz CT molecular complexity index is 703. The van der Waals surface area contributed by atoms with Gasteiger partial charge in [0, 0.05) is 6.54 Å². The van der Waals surface area contributed by atoms with Gasteiger partial charge >= 0.3 is 5.97 Å². The Morgan fingerprint density at radius 3 is 2.00 bits per heavy atom. The predicted molar refractivity (Wildman–Crippen MR) is 131 cm³/mol. The smallest absolute Gasteiger partial charge is 0.326 e. The van der Waals surface area contributed by atoms with E-state index in [1.807, 2.05) is 20.1 Å². The molecule has 0 aromatic rings. The number of carbonyl (C=O) groups excluding carboxylic acids is 3. The van der Waals surface area contributed by atoms with Crippen LogP contribution in [0.5, 0.6) is 0 Å². The molecule has 0 fully saturated rings. The standard InChI is InChI=1S/C20H39N7O6S/c1-11(2)9-15(18(31)26-14(19(32)33)6-8-34-3)27-17(30)13(5-4-7-24-20(22)23)25-16(29)12(21)10-28/h11-15,28H,4-10,21H2,1-3H3,(H,25,29)(H,26,31)(H,27,30)(H,32,33)(H4,22,23,24). The summed E-state index contributed by atoms with van der Waals surface area (Å²) < 4.78 is 0. The molecule has 0 bridgehead atoms. The third-order valence-corrected chi connectivity index (χ3v) is 5.32. The molecule has 0 aromatic carbocycles. The Morgan fingerprint density at radius 1 is 0.941 bits per heavy atom. The maximum atomic E-state index is 13.0. The van der Waals surface area contributed by atoms with Gasteiger partial charge in [0.1, 0.15) is 24.2 Å². The number of thioether (sulfide) groups is 1. The van der Waals surface area contributed by atoms with Crippen LogP contribution < -0.4 is 33.2 Å². The van der Waals surface area contributed by atoms with Gasteiger partial charge in [-0.3, -0.25) is 19.4 Å². The van der Waals surface area contributed by atoms with Crippen molar-refractivity contribution in [1.29, 1.82) is 0 Å². The lowest BCUT2D eigenvalue weighted by Gasteiger charge is -2.26. The van der Waals surface area contributed by atoms with Gasteiger partial charge in [-0.05, 0) is 43.6 Å². The van der Waals surface area contributed by atoms with Gasteiger partial charge in [-0.1, -0.05) is 13.8 Å². The zero-order valence-electron chi connectivity index (χ0n) is 20.0. The highest BCUT2D eigenvalue weighted by atomic mass is 32.2. The first-order valence-electron chi connectivity index (χ1n) is 11.0. The summed E-state index contributed by atoms with van der Waals surface area (Å²) in [6.07, 6.45) is 2.77. The minimum Gasteiger partial charge on any atom is -0.480 e. The van der Waals surface area contributed by atoms with E-state index in [0.717, 1.165) is 0 Å². The van der Waals surface area contributed by atoms with Gasteiger partial charge in [-0.15, -0.1) is 0 Å². The molecule has 0 saturated heterocycles. The van der Waals surface area contributed by atoms with Gasteiger partial charge in [0.25, 0.3) is 0 Å². The number of aliphatic hydroxyl groups is 1. The molecule has 196 valence electrons. The minimum atomic E-state index is -1.23. The fraction of sp³-hybridized carbons (Fsp3) is 0.750. The minimum absolute atomic E-state index is 0.00300. The summed E-state index contributed by atoms with van der Waals surface area (Å²) in [4.78, 5) is 53.3. The third kappa shape index (κ3) is 13.2. The zero-order chi connectivity index (χ0) is 26.3. The van der Waals surface area contributed by atoms with Crippen LogP contribution in [-0.4, -0.2) is 89.2 Å². The molecule has 0 radical (unpaired) electrons. The van der Waals surface area contributed by atoms with Crippen molar-refractivity contribution in [2.24, 2.45) is 28.1 Å². The quantitative estimate of drug-likeness (QED) is 0.0597. The summed E-state index contributed by atoms with van der Waals surface area (Å²) in [5, 5.41) is 26.1. The van der Waals surface area contributed by atoms with Gasteiger partial charge in [0.05, 0.1) is 6.61 Å². The lowest BCUT2D eigenvalue weighted by atomic mass is 10.0. The molecule has 0 aliphatic rings. The lowest BCUT2D eigenvalue weighted by Crippen LogP contribution is -2.57. The number of hydrogen-bond donors (Lipinski definition) is 8. The van der Waals surface area contributed by atoms with Crippen molar-refractivity contribution in [3.63, 3.8) is 0 Å². The summed E-state index contributed by atoms with van der Waals surface area (Å²) >= 11 is 1.45. The average molecular weight is 506 g/mol. The fourth-order valence-corrected chi connectivity index (χ4v) is 3.35. The number of carboxylic acid groups (broad SMARTS) is 1. The zero-order valence-corrected chi connectivity index (χ0v) is 20.8. The van der Waals surface area contributed by atoms with Crippen LogP contribution in [-0.2, 0) is 19.2 Å². The van der Waals surface area contributed by atoms with Crippen molar-refractivity contribution in [3.05, 3.63) is 0 Å². The van der Waals surface area contributed by atoms with Crippen LogP contribution in [0.2, 0.25) is 0 Å². The van der Waals surface area contributed by atoms with Crippen LogP contribution in [0.1, 0.15) is 39.5 Å². The van der Waals surface area contributed by atoms with Crippen molar-refractivity contribution in [1.82, 2.24) is 16.0 Å². The van der Waals surface area contributed by atoms with E-state index < -0.39 is 54.5 Å². The normalized spacial score (nSPS) is 14.4. The Morgan fingerprint density at radius 2 is 1.50 bits per heavy atom. The molecule has 13 nitrogen and oxygen atoms in total. The van der Waals surface area contributed by atoms with Gasteiger partial charge < -0.3 is 43.4 Å². The molecular weight excluding hydrogens is 466 g/mol. The van der Waals surface area contributed by atoms with Crippen molar-refractivity contribution < 1.29 is 29.4 Å². The van der Waals surface area contributed by atoms with Crippen LogP contribution in [0.15, 0.2) is 4.99 Å². The highest BCUT2D eigenvalue weighted by molar-refractivity contribution is 7.98. The Labute approximate surface area is 204 Å². The van der Waals surface area contributed by atoms with Crippen LogP contribution in [0, 0.1) is 5.92 Å². The van der Waals surface area contributed by atoms with Crippen LogP contribution in [0.4, 0.5) is 0 Å². The number of aliphatic imine (C=N–C) groups is 1. The maximum absolute atomic E-state index is 13.0. The molecule has 3 amide bonds. The van der Waals surface area contributed by atoms with Crippen LogP contribution >= 0.6 is 11.8 Å². The first-order chi connectivity index (χ1) is 15.9. The Kier molecular flexibility index (Phi) is 15.7. The van der Waals surface area contributed by atoms with E-state index in [2.05, 4.69) is 20.9 Å². The molecular formula is C20H39N7O6S. The second-order valence-corrected chi connectivity index (χ2v) is 9.16. The molecule has 34 heavy (non-hydrogen) atoms. The number of nitrogens with one attached hydrogen (secondary N) is 3. The van der Waals surface area contributed by atoms with Crippen LogP contribution in [0.25, 0.3) is 0 Å². The maximum Gasteiger partial charge on any atom is 0.326 e. The fourth-order valence-electron chi connectivity index (χ4n) is 2.87. The highest BCUT2D eigenvalue weighted by Gasteiger charge is 2.30. The van der Waals surface area contributed by atoms with Gasteiger partial charge in [-0.25, -0.2) is 4.79 Å². The number of nitrogens with two attached hydrogens (primary N) is 3. The molecule has 4 atom stereocenters. The van der Waals surface area contributed by atoms with E-state index in [9.17, 15) is 24.3 Å². The Balaban J connectivity index is 5.49. The average Bonchev–Trinajstić information content (AvgIpc) is 2.76. The van der Waals surface area contributed by atoms with Gasteiger partial charge in [0.15, 0.2) is 5.96 Å². The second kappa shape index (κ2) is 16.9. The number of nitrogens with zero attached hydrogens (tertiary/aromatic N) is 1. The van der Waals surface area contributed by atoms with E-state index >= 15 is 0 Å². The molecule has 0 aliphatic carbocycles. The molecule has 4 unspecified atom stereocenters. The van der Waals surface area contributed by atoms with E-state index in [1.54, 1.807) is 0 Å². The summed E-state index contributed by atoms with van der Waals surface area (Å²) in [7, 11) is 0. The third-order valence-electron chi connectivity index (χ3n) is 4.68. The highest BCUT2D eigenvalue weighted by Crippen LogP contribution is 2.09. The number of aliphatic hydroxyl groups excluding tert-OH is 1. The summed E-state index contributed by atoms with van der Waals surface area (Å²) in [6.45, 7) is 3.30. The summed E-state index contributed by atoms with van der Waals surface area (Å²) in [5.74, 6) is -2.77. The molecule has 0 aliphatic heterocycles. The van der Waals surface area contributed by atoms with Crippen molar-refractivity contribution in [2.45, 2.75) is 63.7 Å². The molecule has 0 saturated carbocycles. The first kappa shape index (κ1) is 31.4. The van der Waals surface area contributed by atoms with Crippen molar-refractivity contribution >= 4 is 41.4 Å².